The van der Waals surface area contributed by atoms with Gasteiger partial charge in [0.05, 0.1) is 0 Å². The predicted octanol–water partition coefficient (Wildman–Crippen LogP) is 6.61. The van der Waals surface area contributed by atoms with Crippen LogP contribution in [0.25, 0.3) is 0 Å². The third kappa shape index (κ3) is 11.9. The Kier molecular flexibility index (Phi) is 15.6. The van der Waals surface area contributed by atoms with Gasteiger partial charge in [0.25, 0.3) is 0 Å². The molecule has 3 heteroatoms. The van der Waals surface area contributed by atoms with Crippen LogP contribution >= 0.6 is 0 Å². The topological polar surface area (TPSA) is 26.3 Å². The average molecular weight is 441 g/mol. The van der Waals surface area contributed by atoms with E-state index < -0.39 is 18.4 Å². The first-order valence-corrected chi connectivity index (χ1v) is 17.5. The van der Waals surface area contributed by atoms with Crippen molar-refractivity contribution in [2.45, 2.75) is 79.5 Å². The van der Waals surface area contributed by atoms with Gasteiger partial charge >= 0.3 is 154 Å². The fourth-order valence-electron chi connectivity index (χ4n) is 2.92. The molecule has 2 nitrogen and oxygen atoms in total. The van der Waals surface area contributed by atoms with E-state index in [4.69, 9.17) is 4.74 Å². The van der Waals surface area contributed by atoms with E-state index >= 15 is 0 Å². The zero-order chi connectivity index (χ0) is 18.1. The summed E-state index contributed by atoms with van der Waals surface area (Å²) >= 11 is -2.14. The molecule has 0 heterocycles. The third-order valence-electron chi connectivity index (χ3n) is 4.39. The first-order chi connectivity index (χ1) is 11.6. The summed E-state index contributed by atoms with van der Waals surface area (Å²) in [4.78, 5) is 11.2. The van der Waals surface area contributed by atoms with Crippen LogP contribution in [0.4, 0.5) is 0 Å². The Morgan fingerprint density at radius 3 is 1.75 bits per heavy atom. The minimum absolute atomic E-state index is 0.270. The Labute approximate surface area is 154 Å². The van der Waals surface area contributed by atoms with Crippen molar-refractivity contribution in [1.29, 1.82) is 0 Å². The van der Waals surface area contributed by atoms with Crippen molar-refractivity contribution in [2.24, 2.45) is 0 Å². The number of unbranched alkanes of at least 4 members (excludes halogenated alkanes) is 3. The second-order valence-electron chi connectivity index (χ2n) is 6.53. The van der Waals surface area contributed by atoms with Gasteiger partial charge in [0.15, 0.2) is 0 Å². The van der Waals surface area contributed by atoms with E-state index in [2.05, 4.69) is 37.0 Å². The predicted molar refractivity (Wildman–Crippen MR) is 109 cm³/mol. The van der Waals surface area contributed by atoms with E-state index in [1.807, 2.05) is 13.0 Å². The van der Waals surface area contributed by atoms with Gasteiger partial charge in [-0.25, -0.2) is 0 Å². The molecule has 0 aliphatic rings. The summed E-state index contributed by atoms with van der Waals surface area (Å²) in [5.41, 5.74) is 0. The number of allylic oxidation sites excluding steroid dienone is 4. The van der Waals surface area contributed by atoms with E-state index in [1.165, 1.54) is 57.9 Å². The molecule has 0 N–H and O–H groups in total. The van der Waals surface area contributed by atoms with Crippen molar-refractivity contribution in [3.05, 3.63) is 34.5 Å². The zero-order valence-corrected chi connectivity index (χ0v) is 19.2. The van der Waals surface area contributed by atoms with Gasteiger partial charge in [-0.2, -0.15) is 0 Å². The van der Waals surface area contributed by atoms with E-state index in [9.17, 15) is 4.79 Å². The Bertz CT molecular complexity index is 375. The SMILES string of the molecule is CCC[CH2][Sn](/[CH]=C/C=C/C=C/C(=O)OCC)([CH2]CCC)[CH2]CCC. The van der Waals surface area contributed by atoms with Crippen LogP contribution in [-0.4, -0.2) is 31.0 Å². The van der Waals surface area contributed by atoms with Crippen LogP contribution in [0.2, 0.25) is 13.3 Å². The molecule has 0 amide bonds. The van der Waals surface area contributed by atoms with Crippen LogP contribution in [0.5, 0.6) is 0 Å². The number of esters is 1. The molecule has 0 radical (unpaired) electrons. The first-order valence-electron chi connectivity index (χ1n) is 9.83. The second kappa shape index (κ2) is 16.0. The van der Waals surface area contributed by atoms with Crippen molar-refractivity contribution in [1.82, 2.24) is 0 Å². The molecule has 0 unspecified atom stereocenters. The third-order valence-corrected chi connectivity index (χ3v) is 18.5. The van der Waals surface area contributed by atoms with Crippen molar-refractivity contribution in [3.8, 4) is 0 Å². The summed E-state index contributed by atoms with van der Waals surface area (Å²) in [5.74, 6) is -0.270. The average Bonchev–Trinajstić information content (AvgIpc) is 2.59. The number of carbonyl (C=O) groups excluding carboxylic acids is 1. The van der Waals surface area contributed by atoms with Gasteiger partial charge < -0.3 is 0 Å². The molecule has 24 heavy (non-hydrogen) atoms. The van der Waals surface area contributed by atoms with Gasteiger partial charge in [0, 0.05) is 0 Å². The van der Waals surface area contributed by atoms with Crippen LogP contribution in [-0.2, 0) is 9.53 Å². The molecular weight excluding hydrogens is 403 g/mol. The molecule has 0 aromatic carbocycles. The fraction of sp³-hybridized carbons (Fsp3) is 0.667. The maximum absolute atomic E-state index is 11.2. The van der Waals surface area contributed by atoms with Gasteiger partial charge in [-0.05, 0) is 0 Å². The van der Waals surface area contributed by atoms with E-state index in [1.54, 1.807) is 6.08 Å². The number of ether oxygens (including phenoxy) is 1. The zero-order valence-electron chi connectivity index (χ0n) is 16.4. The molecule has 0 aromatic rings. The summed E-state index contributed by atoms with van der Waals surface area (Å²) in [6.07, 6.45) is 17.6. The summed E-state index contributed by atoms with van der Waals surface area (Å²) in [6.45, 7) is 9.16. The van der Waals surface area contributed by atoms with Gasteiger partial charge in [0.1, 0.15) is 0 Å². The fourth-order valence-corrected chi connectivity index (χ4v) is 17.0. The van der Waals surface area contributed by atoms with E-state index in [0.29, 0.717) is 6.61 Å². The normalized spacial score (nSPS) is 12.7. The number of rotatable bonds is 14. The summed E-state index contributed by atoms with van der Waals surface area (Å²) in [5, 5.41) is 0. The Morgan fingerprint density at radius 2 is 1.29 bits per heavy atom. The van der Waals surface area contributed by atoms with Gasteiger partial charge in [-0.15, -0.1) is 0 Å². The molecule has 0 spiro atoms. The summed E-state index contributed by atoms with van der Waals surface area (Å²) in [6, 6.07) is 0. The van der Waals surface area contributed by atoms with Crippen molar-refractivity contribution >= 4 is 24.3 Å². The van der Waals surface area contributed by atoms with Gasteiger partial charge in [-0.1, -0.05) is 0 Å². The van der Waals surface area contributed by atoms with Crippen LogP contribution in [0, 0.1) is 0 Å². The molecule has 0 aliphatic heterocycles. The molecule has 0 fully saturated rings. The Balaban J connectivity index is 4.82. The van der Waals surface area contributed by atoms with Gasteiger partial charge in [0.2, 0.25) is 0 Å². The van der Waals surface area contributed by atoms with Crippen molar-refractivity contribution < 1.29 is 9.53 Å². The number of hydrogen-bond donors (Lipinski definition) is 0. The Morgan fingerprint density at radius 1 is 0.792 bits per heavy atom. The van der Waals surface area contributed by atoms with Crippen molar-refractivity contribution in [2.75, 3.05) is 6.61 Å². The number of carbonyl (C=O) groups is 1. The molecule has 138 valence electrons. The van der Waals surface area contributed by atoms with Crippen molar-refractivity contribution in [3.63, 3.8) is 0 Å². The minimum atomic E-state index is -2.14. The number of hydrogen-bond acceptors (Lipinski definition) is 2. The molecule has 0 atom stereocenters. The standard InChI is InChI=1S/C9H11O2.3C4H9.Sn/c1-3-5-6-7-8-9(10)11-4-2;3*1-3-4-2;/h1,3,5-8H,4H2,2H3;3*1,3-4H2,2H3;/b3-1?,6-5+,8-7+;;;;. The molecular formula is C21H38O2Sn. The molecule has 0 aromatic heterocycles. The van der Waals surface area contributed by atoms with Crippen LogP contribution in [0.1, 0.15) is 66.2 Å². The Hall–Kier alpha value is -0.511. The first kappa shape index (κ1) is 23.5. The van der Waals surface area contributed by atoms with E-state index in [-0.39, 0.29) is 5.97 Å². The second-order valence-corrected chi connectivity index (χ2v) is 19.5. The van der Waals surface area contributed by atoms with Crippen LogP contribution < -0.4 is 0 Å². The summed E-state index contributed by atoms with van der Waals surface area (Å²) < 4.78 is 12.0. The van der Waals surface area contributed by atoms with Crippen LogP contribution in [0.15, 0.2) is 34.5 Å². The molecule has 0 saturated carbocycles. The quantitative estimate of drug-likeness (QED) is 0.131. The molecule has 0 saturated heterocycles. The monoisotopic (exact) mass is 442 g/mol. The summed E-state index contributed by atoms with van der Waals surface area (Å²) in [7, 11) is 0. The van der Waals surface area contributed by atoms with Gasteiger partial charge in [-0.3, -0.25) is 0 Å². The molecule has 0 aliphatic carbocycles. The van der Waals surface area contributed by atoms with Crippen LogP contribution in [0.3, 0.4) is 0 Å². The van der Waals surface area contributed by atoms with E-state index in [0.717, 1.165) is 0 Å². The molecule has 0 rings (SSSR count). The molecule has 0 bridgehead atoms. The maximum atomic E-state index is 11.2.